The van der Waals surface area contributed by atoms with Gasteiger partial charge >= 0.3 is 5.91 Å². The van der Waals surface area contributed by atoms with E-state index in [1.807, 2.05) is 20.8 Å². The molecular weight excluding hydrogens is 476 g/mol. The van der Waals surface area contributed by atoms with E-state index in [1.165, 1.54) is 29.4 Å². The van der Waals surface area contributed by atoms with Crippen LogP contribution in [-0.4, -0.2) is 35.5 Å². The lowest BCUT2D eigenvalue weighted by atomic mass is 9.95. The average Bonchev–Trinajstić information content (AvgIpc) is 3.29. The standard InChI is InChI=1S/C25H23ClN2O5S/c1-5-33-17-9-6-15(7-10-17)21-20(22(29)16-8-11-19(32-4)18(26)12-16)23(30)24(31)28(21)25-27-13(2)14(3)34-25/h6-12,21,29H,5H2,1-4H3/t21-/m0/s1. The summed E-state index contributed by atoms with van der Waals surface area (Å²) in [7, 11) is 1.48. The predicted octanol–water partition coefficient (Wildman–Crippen LogP) is 5.45. The summed E-state index contributed by atoms with van der Waals surface area (Å²) in [6.45, 7) is 6.14. The minimum atomic E-state index is -0.874. The highest BCUT2D eigenvalue weighted by atomic mass is 35.5. The maximum atomic E-state index is 13.2. The van der Waals surface area contributed by atoms with Gasteiger partial charge in [-0.1, -0.05) is 23.7 Å². The molecule has 0 spiro atoms. The van der Waals surface area contributed by atoms with Crippen molar-refractivity contribution in [3.8, 4) is 11.5 Å². The van der Waals surface area contributed by atoms with Crippen LogP contribution in [-0.2, 0) is 9.59 Å². The maximum absolute atomic E-state index is 13.2. The Morgan fingerprint density at radius 3 is 2.44 bits per heavy atom. The van der Waals surface area contributed by atoms with E-state index in [-0.39, 0.29) is 16.4 Å². The van der Waals surface area contributed by atoms with Gasteiger partial charge in [0.15, 0.2) is 5.13 Å². The number of hydrogen-bond donors (Lipinski definition) is 1. The van der Waals surface area contributed by atoms with Crippen LogP contribution in [0.25, 0.3) is 5.76 Å². The number of ether oxygens (including phenoxy) is 2. The lowest BCUT2D eigenvalue weighted by Crippen LogP contribution is -2.29. The Bertz CT molecular complexity index is 1280. The van der Waals surface area contributed by atoms with E-state index < -0.39 is 17.7 Å². The number of aromatic nitrogens is 1. The van der Waals surface area contributed by atoms with Gasteiger partial charge in [0.25, 0.3) is 5.78 Å². The number of carbonyl (C=O) groups is 2. The van der Waals surface area contributed by atoms with Crippen molar-refractivity contribution in [2.45, 2.75) is 26.8 Å². The number of anilines is 1. The Labute approximate surface area is 206 Å². The van der Waals surface area contributed by atoms with Crippen molar-refractivity contribution in [2.75, 3.05) is 18.6 Å². The maximum Gasteiger partial charge on any atom is 0.301 e. The summed E-state index contributed by atoms with van der Waals surface area (Å²) in [5.74, 6) is -0.793. The molecule has 9 heteroatoms. The molecule has 34 heavy (non-hydrogen) atoms. The third-order valence-corrected chi connectivity index (χ3v) is 6.97. The second kappa shape index (κ2) is 9.48. The number of Topliss-reactive ketones (excluding diaryl/α,β-unsaturated/α-hetero) is 1. The highest BCUT2D eigenvalue weighted by Crippen LogP contribution is 2.44. The van der Waals surface area contributed by atoms with Gasteiger partial charge in [-0.2, -0.15) is 0 Å². The number of ketones is 1. The van der Waals surface area contributed by atoms with Crippen molar-refractivity contribution in [3.05, 3.63) is 74.8 Å². The minimum absolute atomic E-state index is 0.0408. The zero-order valence-corrected chi connectivity index (χ0v) is 20.7. The molecule has 0 saturated carbocycles. The highest BCUT2D eigenvalue weighted by Gasteiger charge is 2.48. The molecule has 4 rings (SSSR count). The van der Waals surface area contributed by atoms with Crippen molar-refractivity contribution in [1.29, 1.82) is 0 Å². The molecule has 1 saturated heterocycles. The monoisotopic (exact) mass is 498 g/mol. The second-order valence-corrected chi connectivity index (χ2v) is 9.25. The zero-order chi connectivity index (χ0) is 24.6. The number of thiazole rings is 1. The number of aryl methyl sites for hydroxylation is 2. The SMILES string of the molecule is CCOc1ccc([C@H]2C(=C(O)c3ccc(OC)c(Cl)c3)C(=O)C(=O)N2c2nc(C)c(C)s2)cc1. The minimum Gasteiger partial charge on any atom is -0.507 e. The van der Waals surface area contributed by atoms with Gasteiger partial charge in [0.05, 0.1) is 36.0 Å². The molecule has 1 N–H and O–H groups in total. The van der Waals surface area contributed by atoms with E-state index in [1.54, 1.807) is 36.4 Å². The Morgan fingerprint density at radius 2 is 1.88 bits per heavy atom. The largest absolute Gasteiger partial charge is 0.507 e. The summed E-state index contributed by atoms with van der Waals surface area (Å²) in [4.78, 5) is 33.3. The number of nitrogens with zero attached hydrogens (tertiary/aromatic N) is 2. The number of carbonyl (C=O) groups excluding carboxylic acids is 2. The molecule has 1 amide bonds. The number of rotatable bonds is 6. The van der Waals surface area contributed by atoms with Gasteiger partial charge in [-0.05, 0) is 56.7 Å². The Balaban J connectivity index is 1.91. The van der Waals surface area contributed by atoms with Gasteiger partial charge in [-0.25, -0.2) is 4.98 Å². The zero-order valence-electron chi connectivity index (χ0n) is 19.1. The number of aliphatic hydroxyl groups excluding tert-OH is 1. The summed E-state index contributed by atoms with van der Waals surface area (Å²) in [5.41, 5.74) is 1.66. The first-order valence-electron chi connectivity index (χ1n) is 10.6. The summed E-state index contributed by atoms with van der Waals surface area (Å²) in [5, 5.41) is 11.9. The molecule has 3 aromatic rings. The summed E-state index contributed by atoms with van der Waals surface area (Å²) < 4.78 is 10.7. The predicted molar refractivity (Wildman–Crippen MR) is 132 cm³/mol. The Kier molecular flexibility index (Phi) is 6.63. The van der Waals surface area contributed by atoms with Gasteiger partial charge in [0.1, 0.15) is 17.3 Å². The van der Waals surface area contributed by atoms with E-state index >= 15 is 0 Å². The van der Waals surface area contributed by atoms with Crippen LogP contribution in [0.1, 0.15) is 34.7 Å². The molecule has 0 radical (unpaired) electrons. The molecule has 176 valence electrons. The second-order valence-electron chi connectivity index (χ2n) is 7.66. The average molecular weight is 499 g/mol. The number of benzene rings is 2. The van der Waals surface area contributed by atoms with Crippen LogP contribution in [0.4, 0.5) is 5.13 Å². The lowest BCUT2D eigenvalue weighted by molar-refractivity contribution is -0.132. The number of halogens is 1. The molecule has 1 aliphatic rings. The van der Waals surface area contributed by atoms with Crippen LogP contribution in [0.15, 0.2) is 48.0 Å². The quantitative estimate of drug-likeness (QED) is 0.276. The van der Waals surface area contributed by atoms with Crippen LogP contribution in [0, 0.1) is 13.8 Å². The highest BCUT2D eigenvalue weighted by molar-refractivity contribution is 7.16. The van der Waals surface area contributed by atoms with Gasteiger partial charge < -0.3 is 14.6 Å². The van der Waals surface area contributed by atoms with Gasteiger partial charge in [-0.3, -0.25) is 14.5 Å². The molecule has 7 nitrogen and oxygen atoms in total. The van der Waals surface area contributed by atoms with E-state index in [0.29, 0.717) is 34.4 Å². The summed E-state index contributed by atoms with van der Waals surface area (Å²) in [6, 6.07) is 10.9. The first-order valence-corrected chi connectivity index (χ1v) is 11.8. The molecule has 0 unspecified atom stereocenters. The Morgan fingerprint density at radius 1 is 1.18 bits per heavy atom. The van der Waals surface area contributed by atoms with Crippen molar-refractivity contribution >= 4 is 45.5 Å². The fourth-order valence-corrected chi connectivity index (χ4v) is 4.98. The van der Waals surface area contributed by atoms with Crippen LogP contribution >= 0.6 is 22.9 Å². The lowest BCUT2D eigenvalue weighted by Gasteiger charge is -2.23. The van der Waals surface area contributed by atoms with E-state index in [2.05, 4.69) is 4.98 Å². The normalized spacial score (nSPS) is 17.3. The van der Waals surface area contributed by atoms with Crippen molar-refractivity contribution in [1.82, 2.24) is 4.98 Å². The smallest absolute Gasteiger partial charge is 0.301 e. The van der Waals surface area contributed by atoms with Crippen molar-refractivity contribution < 1.29 is 24.2 Å². The van der Waals surface area contributed by atoms with Crippen molar-refractivity contribution in [3.63, 3.8) is 0 Å². The number of hydrogen-bond acceptors (Lipinski definition) is 7. The molecule has 0 bridgehead atoms. The van der Waals surface area contributed by atoms with E-state index in [4.69, 9.17) is 21.1 Å². The molecule has 1 atom stereocenters. The third kappa shape index (κ3) is 4.15. The molecule has 1 aromatic heterocycles. The molecular formula is C25H23ClN2O5S. The van der Waals surface area contributed by atoms with E-state index in [9.17, 15) is 14.7 Å². The summed E-state index contributed by atoms with van der Waals surface area (Å²) >= 11 is 7.57. The Hall–Kier alpha value is -3.36. The number of aliphatic hydroxyl groups is 1. The van der Waals surface area contributed by atoms with Gasteiger partial charge in [0, 0.05) is 10.4 Å². The molecule has 2 aromatic carbocycles. The molecule has 1 aliphatic heterocycles. The first kappa shape index (κ1) is 23.8. The topological polar surface area (TPSA) is 89.0 Å². The number of methoxy groups -OCH3 is 1. The number of amides is 1. The molecule has 2 heterocycles. The molecule has 1 fully saturated rings. The molecule has 0 aliphatic carbocycles. The van der Waals surface area contributed by atoms with Crippen LogP contribution in [0.2, 0.25) is 5.02 Å². The van der Waals surface area contributed by atoms with Gasteiger partial charge in [0.2, 0.25) is 0 Å². The van der Waals surface area contributed by atoms with Crippen LogP contribution < -0.4 is 14.4 Å². The van der Waals surface area contributed by atoms with Crippen LogP contribution in [0.5, 0.6) is 11.5 Å². The van der Waals surface area contributed by atoms with Crippen LogP contribution in [0.3, 0.4) is 0 Å². The fourth-order valence-electron chi connectivity index (χ4n) is 3.79. The summed E-state index contributed by atoms with van der Waals surface area (Å²) in [6.07, 6.45) is 0. The van der Waals surface area contributed by atoms with Crippen molar-refractivity contribution in [2.24, 2.45) is 0 Å². The third-order valence-electron chi connectivity index (χ3n) is 5.60. The first-order chi connectivity index (χ1) is 16.3. The fraction of sp³-hybridized carbons (Fsp3) is 0.240. The van der Waals surface area contributed by atoms with E-state index in [0.717, 1.165) is 10.6 Å². The van der Waals surface area contributed by atoms with Gasteiger partial charge in [-0.15, -0.1) is 11.3 Å².